The molecular formula is C15H15ClN4O. The number of likely N-dealkylation sites (N-methyl/N-ethyl adjacent to an activating group) is 1. The molecule has 5 nitrogen and oxygen atoms in total. The van der Waals surface area contributed by atoms with E-state index in [-0.39, 0.29) is 0 Å². The van der Waals surface area contributed by atoms with E-state index >= 15 is 0 Å². The number of halogens is 1. The van der Waals surface area contributed by atoms with E-state index in [0.717, 1.165) is 31.7 Å². The lowest BCUT2D eigenvalue weighted by molar-refractivity contribution is 0.306. The maximum Gasteiger partial charge on any atom is 0.235 e. The highest BCUT2D eigenvalue weighted by Gasteiger charge is 2.23. The fraction of sp³-hybridized carbons (Fsp3) is 0.333. The molecule has 1 aromatic carbocycles. The standard InChI is InChI=1S/C15H15ClN4O/c1-19-5-7-20(8-6-19)15-13(10-17)18-14(21-15)11-3-2-4-12(16)9-11/h2-4,9H,5-8H2,1H3. The first-order chi connectivity index (χ1) is 10.2. The maximum atomic E-state index is 9.28. The van der Waals surface area contributed by atoms with Crippen molar-refractivity contribution in [2.45, 2.75) is 0 Å². The number of piperazine rings is 1. The highest BCUT2D eigenvalue weighted by molar-refractivity contribution is 6.30. The smallest absolute Gasteiger partial charge is 0.235 e. The number of nitriles is 1. The summed E-state index contributed by atoms with van der Waals surface area (Å²) < 4.78 is 5.84. The fourth-order valence-corrected chi connectivity index (χ4v) is 2.54. The Kier molecular flexibility index (Phi) is 3.82. The monoisotopic (exact) mass is 302 g/mol. The summed E-state index contributed by atoms with van der Waals surface area (Å²) in [5.41, 5.74) is 1.11. The largest absolute Gasteiger partial charge is 0.419 e. The molecule has 0 unspecified atom stereocenters. The van der Waals surface area contributed by atoms with Crippen molar-refractivity contribution in [1.82, 2.24) is 9.88 Å². The number of hydrogen-bond donors (Lipinski definition) is 0. The number of benzene rings is 1. The van der Waals surface area contributed by atoms with Gasteiger partial charge in [0.2, 0.25) is 17.5 Å². The molecule has 3 rings (SSSR count). The Labute approximate surface area is 128 Å². The van der Waals surface area contributed by atoms with Crippen LogP contribution in [0.4, 0.5) is 5.88 Å². The van der Waals surface area contributed by atoms with E-state index in [0.29, 0.717) is 22.5 Å². The summed E-state index contributed by atoms with van der Waals surface area (Å²) in [7, 11) is 2.08. The molecule has 1 saturated heterocycles. The van der Waals surface area contributed by atoms with Gasteiger partial charge in [-0.25, -0.2) is 0 Å². The molecule has 0 radical (unpaired) electrons. The van der Waals surface area contributed by atoms with E-state index in [9.17, 15) is 5.26 Å². The Bertz CT molecular complexity index is 683. The van der Waals surface area contributed by atoms with Gasteiger partial charge < -0.3 is 14.2 Å². The number of nitrogens with zero attached hydrogens (tertiary/aromatic N) is 4. The molecule has 0 N–H and O–H groups in total. The zero-order valence-electron chi connectivity index (χ0n) is 11.7. The third-order valence-electron chi connectivity index (χ3n) is 3.58. The summed E-state index contributed by atoms with van der Waals surface area (Å²) in [5, 5.41) is 9.90. The summed E-state index contributed by atoms with van der Waals surface area (Å²) in [6.07, 6.45) is 0. The first-order valence-corrected chi connectivity index (χ1v) is 7.15. The van der Waals surface area contributed by atoms with Gasteiger partial charge in [-0.1, -0.05) is 17.7 Å². The molecule has 0 aliphatic carbocycles. The van der Waals surface area contributed by atoms with Crippen LogP contribution in [-0.4, -0.2) is 43.1 Å². The number of hydrogen-bond acceptors (Lipinski definition) is 5. The van der Waals surface area contributed by atoms with Crippen molar-refractivity contribution in [2.24, 2.45) is 0 Å². The third-order valence-corrected chi connectivity index (χ3v) is 3.81. The summed E-state index contributed by atoms with van der Waals surface area (Å²) in [6, 6.07) is 9.39. The molecular weight excluding hydrogens is 288 g/mol. The molecule has 2 heterocycles. The normalized spacial score (nSPS) is 16.0. The number of aromatic nitrogens is 1. The fourth-order valence-electron chi connectivity index (χ4n) is 2.35. The van der Waals surface area contributed by atoms with Gasteiger partial charge in [0.15, 0.2) is 0 Å². The summed E-state index contributed by atoms with van der Waals surface area (Å²) in [4.78, 5) is 8.61. The molecule has 6 heteroatoms. The Morgan fingerprint density at radius 3 is 2.71 bits per heavy atom. The van der Waals surface area contributed by atoms with Crippen molar-refractivity contribution in [1.29, 1.82) is 5.26 Å². The molecule has 1 fully saturated rings. The van der Waals surface area contributed by atoms with Crippen LogP contribution in [0, 0.1) is 11.3 Å². The molecule has 0 bridgehead atoms. The second kappa shape index (κ2) is 5.76. The predicted octanol–water partition coefficient (Wildman–Crippen LogP) is 2.62. The van der Waals surface area contributed by atoms with E-state index in [4.69, 9.17) is 16.0 Å². The van der Waals surface area contributed by atoms with Crippen LogP contribution in [0.25, 0.3) is 11.5 Å². The molecule has 0 atom stereocenters. The highest BCUT2D eigenvalue weighted by Crippen LogP contribution is 2.29. The molecule has 0 amide bonds. The second-order valence-electron chi connectivity index (χ2n) is 5.09. The summed E-state index contributed by atoms with van der Waals surface area (Å²) in [6.45, 7) is 3.54. The van der Waals surface area contributed by atoms with Crippen LogP contribution >= 0.6 is 11.6 Å². The summed E-state index contributed by atoms with van der Waals surface area (Å²) >= 11 is 5.99. The lowest BCUT2D eigenvalue weighted by atomic mass is 10.2. The summed E-state index contributed by atoms with van der Waals surface area (Å²) in [5.74, 6) is 0.989. The van der Waals surface area contributed by atoms with E-state index < -0.39 is 0 Å². The van der Waals surface area contributed by atoms with E-state index in [1.54, 1.807) is 12.1 Å². The van der Waals surface area contributed by atoms with Crippen LogP contribution in [0.2, 0.25) is 5.02 Å². The lowest BCUT2D eigenvalue weighted by Gasteiger charge is -2.31. The Morgan fingerprint density at radius 1 is 1.29 bits per heavy atom. The van der Waals surface area contributed by atoms with Gasteiger partial charge in [0.05, 0.1) is 0 Å². The zero-order chi connectivity index (χ0) is 14.8. The Morgan fingerprint density at radius 2 is 2.05 bits per heavy atom. The molecule has 0 spiro atoms. The van der Waals surface area contributed by atoms with Gasteiger partial charge in [0, 0.05) is 36.8 Å². The van der Waals surface area contributed by atoms with Crippen molar-refractivity contribution >= 4 is 17.5 Å². The molecule has 1 aliphatic rings. The highest BCUT2D eigenvalue weighted by atomic mass is 35.5. The van der Waals surface area contributed by atoms with Crippen LogP contribution < -0.4 is 4.90 Å². The van der Waals surface area contributed by atoms with Crippen LogP contribution in [0.1, 0.15) is 5.69 Å². The van der Waals surface area contributed by atoms with Crippen LogP contribution in [-0.2, 0) is 0 Å². The Balaban J connectivity index is 1.94. The van der Waals surface area contributed by atoms with Crippen molar-refractivity contribution in [3.8, 4) is 17.5 Å². The average Bonchev–Trinajstić information content (AvgIpc) is 2.92. The van der Waals surface area contributed by atoms with Gasteiger partial charge in [-0.2, -0.15) is 10.2 Å². The minimum atomic E-state index is 0.328. The number of oxazole rings is 1. The number of anilines is 1. The minimum Gasteiger partial charge on any atom is -0.419 e. The number of rotatable bonds is 2. The quantitative estimate of drug-likeness (QED) is 0.853. The predicted molar refractivity (Wildman–Crippen MR) is 81.4 cm³/mol. The lowest BCUT2D eigenvalue weighted by Crippen LogP contribution is -2.44. The topological polar surface area (TPSA) is 56.3 Å². The minimum absolute atomic E-state index is 0.328. The van der Waals surface area contributed by atoms with Gasteiger partial charge in [0.1, 0.15) is 6.07 Å². The van der Waals surface area contributed by atoms with Gasteiger partial charge in [-0.3, -0.25) is 0 Å². The molecule has 1 aromatic heterocycles. The van der Waals surface area contributed by atoms with Gasteiger partial charge in [0.25, 0.3) is 0 Å². The SMILES string of the molecule is CN1CCN(c2oc(-c3cccc(Cl)c3)nc2C#N)CC1. The average molecular weight is 303 g/mol. The molecule has 21 heavy (non-hydrogen) atoms. The first kappa shape index (κ1) is 13.9. The van der Waals surface area contributed by atoms with Crippen LogP contribution in [0.15, 0.2) is 28.7 Å². The molecule has 2 aromatic rings. The van der Waals surface area contributed by atoms with Crippen molar-refractivity contribution in [3.05, 3.63) is 35.0 Å². The maximum absolute atomic E-state index is 9.28. The van der Waals surface area contributed by atoms with Gasteiger partial charge >= 0.3 is 0 Å². The van der Waals surface area contributed by atoms with Crippen LogP contribution in [0.3, 0.4) is 0 Å². The van der Waals surface area contributed by atoms with E-state index in [2.05, 4.69) is 27.9 Å². The van der Waals surface area contributed by atoms with Crippen molar-refractivity contribution < 1.29 is 4.42 Å². The van der Waals surface area contributed by atoms with E-state index in [1.165, 1.54) is 0 Å². The van der Waals surface area contributed by atoms with Crippen LogP contribution in [0.5, 0.6) is 0 Å². The van der Waals surface area contributed by atoms with Gasteiger partial charge in [-0.15, -0.1) is 0 Å². The molecule has 0 saturated carbocycles. The third kappa shape index (κ3) is 2.87. The van der Waals surface area contributed by atoms with Crippen molar-refractivity contribution in [3.63, 3.8) is 0 Å². The van der Waals surface area contributed by atoms with Gasteiger partial charge in [-0.05, 0) is 25.2 Å². The molecule has 1 aliphatic heterocycles. The zero-order valence-corrected chi connectivity index (χ0v) is 12.5. The Hall–Kier alpha value is -2.03. The second-order valence-corrected chi connectivity index (χ2v) is 5.52. The van der Waals surface area contributed by atoms with E-state index in [1.807, 2.05) is 12.1 Å². The first-order valence-electron chi connectivity index (χ1n) is 6.78. The van der Waals surface area contributed by atoms with Crippen molar-refractivity contribution in [2.75, 3.05) is 38.1 Å². The molecule has 108 valence electrons.